The van der Waals surface area contributed by atoms with E-state index >= 15 is 0 Å². The number of pyridine rings is 1. The largest absolute Gasteiger partial charge is 0.358 e. The number of aromatic amines is 2. The molecule has 1 aliphatic carbocycles. The van der Waals surface area contributed by atoms with Crippen molar-refractivity contribution in [3.63, 3.8) is 0 Å². The minimum Gasteiger partial charge on any atom is -0.358 e. The monoisotopic (exact) mass is 523 g/mol. The minimum atomic E-state index is 0.592. The summed E-state index contributed by atoms with van der Waals surface area (Å²) in [7, 11) is 2.17. The van der Waals surface area contributed by atoms with Crippen LogP contribution >= 0.6 is 0 Å². The molecule has 2 fully saturated rings. The number of fused-ring (bicyclic) bond motifs is 2. The van der Waals surface area contributed by atoms with E-state index < -0.39 is 0 Å². The maximum Gasteiger partial charge on any atom is 0.159 e. The van der Waals surface area contributed by atoms with Crippen molar-refractivity contribution in [2.24, 2.45) is 10.9 Å². The Balaban J connectivity index is 0.00000135. The number of anilines is 1. The van der Waals surface area contributed by atoms with Crippen molar-refractivity contribution in [1.29, 1.82) is 0 Å². The van der Waals surface area contributed by atoms with Crippen LogP contribution in [0.15, 0.2) is 53.9 Å². The van der Waals surface area contributed by atoms with Gasteiger partial charge in [-0.05, 0) is 49.6 Å². The number of nitrogens with one attached hydrogen (secondary N) is 3. The summed E-state index contributed by atoms with van der Waals surface area (Å²) in [5, 5.41) is 12.3. The van der Waals surface area contributed by atoms with Crippen LogP contribution in [0, 0.1) is 5.92 Å². The second-order valence-corrected chi connectivity index (χ2v) is 10.4. The Bertz CT molecular complexity index is 1520. The second-order valence-electron chi connectivity index (χ2n) is 10.4. The number of likely N-dealkylation sites (N-methyl/N-ethyl adjacent to an activating group) is 1. The summed E-state index contributed by atoms with van der Waals surface area (Å²) >= 11 is 0. The van der Waals surface area contributed by atoms with E-state index in [-0.39, 0.29) is 0 Å². The van der Waals surface area contributed by atoms with Gasteiger partial charge >= 0.3 is 0 Å². The molecule has 0 radical (unpaired) electrons. The van der Waals surface area contributed by atoms with Crippen LogP contribution in [-0.2, 0) is 6.42 Å². The smallest absolute Gasteiger partial charge is 0.159 e. The highest BCUT2D eigenvalue weighted by molar-refractivity contribution is 6.00. The average Bonchev–Trinajstić information content (AvgIpc) is 3.60. The van der Waals surface area contributed by atoms with Crippen LogP contribution in [0.5, 0.6) is 0 Å². The van der Waals surface area contributed by atoms with Crippen molar-refractivity contribution in [2.75, 3.05) is 45.1 Å². The Kier molecular flexibility index (Phi) is 6.91. The summed E-state index contributed by atoms with van der Waals surface area (Å²) in [4.78, 5) is 22.7. The number of rotatable bonds is 5. The van der Waals surface area contributed by atoms with Crippen LogP contribution in [-0.4, -0.2) is 80.6 Å². The van der Waals surface area contributed by atoms with Gasteiger partial charge in [0.05, 0.1) is 17.4 Å². The molecule has 4 aromatic rings. The fourth-order valence-electron chi connectivity index (χ4n) is 5.26. The molecule has 202 valence electrons. The van der Waals surface area contributed by atoms with Gasteiger partial charge in [0.15, 0.2) is 11.7 Å². The normalized spacial score (nSPS) is 17.3. The zero-order valence-corrected chi connectivity index (χ0v) is 23.1. The summed E-state index contributed by atoms with van der Waals surface area (Å²) in [5.74, 6) is 2.39. The summed E-state index contributed by atoms with van der Waals surface area (Å²) in [6.07, 6.45) is 7.06. The molecule has 1 saturated heterocycles. The highest BCUT2D eigenvalue weighted by Crippen LogP contribution is 2.36. The van der Waals surface area contributed by atoms with Crippen molar-refractivity contribution >= 4 is 22.4 Å². The lowest BCUT2D eigenvalue weighted by Crippen LogP contribution is -2.48. The van der Waals surface area contributed by atoms with Gasteiger partial charge < -0.3 is 20.1 Å². The standard InChI is InChI=1S/C28H31N9.C2H6/c1-17(18-3-4-18)31-21-13-20(15-29-16-21)19-5-6-23-22(14-19)25(35-34-23)27-32-24-7-8-30-28(26(24)33-27)37-11-9-36(2)10-12-37;1-2/h5-6,13-16,18,31H,1,3-4,7-12H2,2H3,(H,32,33)(H,34,35);1-2H3. The third-order valence-electron chi connectivity index (χ3n) is 7.65. The number of aromatic nitrogens is 5. The lowest BCUT2D eigenvalue weighted by Gasteiger charge is -2.35. The quantitative estimate of drug-likeness (QED) is 0.343. The van der Waals surface area contributed by atoms with Crippen LogP contribution < -0.4 is 5.32 Å². The molecule has 9 nitrogen and oxygen atoms in total. The molecule has 3 aromatic heterocycles. The van der Waals surface area contributed by atoms with Gasteiger partial charge in [-0.3, -0.25) is 15.1 Å². The zero-order valence-electron chi connectivity index (χ0n) is 23.1. The predicted molar refractivity (Wildman–Crippen MR) is 158 cm³/mol. The lowest BCUT2D eigenvalue weighted by atomic mass is 10.0. The average molecular weight is 524 g/mol. The van der Waals surface area contributed by atoms with E-state index in [1.54, 1.807) is 0 Å². The molecule has 0 atom stereocenters. The number of aliphatic imine (C=N–C) groups is 1. The van der Waals surface area contributed by atoms with Gasteiger partial charge in [-0.25, -0.2) is 4.98 Å². The molecule has 9 heteroatoms. The molecule has 0 amide bonds. The Labute approximate surface area is 229 Å². The Morgan fingerprint density at radius 1 is 1.03 bits per heavy atom. The van der Waals surface area contributed by atoms with Crippen molar-refractivity contribution in [1.82, 2.24) is 34.9 Å². The summed E-state index contributed by atoms with van der Waals surface area (Å²) < 4.78 is 0. The van der Waals surface area contributed by atoms with Crippen LogP contribution in [0.1, 0.15) is 38.1 Å². The van der Waals surface area contributed by atoms with Crippen LogP contribution in [0.2, 0.25) is 0 Å². The minimum absolute atomic E-state index is 0.592. The SMILES string of the molecule is C=C(Nc1cncc(-c2ccc3[nH]nc(-c4nc5c([nH]4)CCN=C5N4CCN(C)CC4)c3c2)c1)C1CC1.CC. The molecule has 1 aromatic carbocycles. The first-order valence-electron chi connectivity index (χ1n) is 14.1. The van der Waals surface area contributed by atoms with Crippen LogP contribution in [0.25, 0.3) is 33.5 Å². The number of benzene rings is 1. The van der Waals surface area contributed by atoms with Crippen molar-refractivity contribution in [3.8, 4) is 22.6 Å². The molecule has 3 aliphatic rings. The lowest BCUT2D eigenvalue weighted by molar-refractivity contribution is 0.215. The van der Waals surface area contributed by atoms with Crippen LogP contribution in [0.3, 0.4) is 0 Å². The van der Waals surface area contributed by atoms with Crippen molar-refractivity contribution < 1.29 is 0 Å². The third kappa shape index (κ3) is 5.06. The first-order chi connectivity index (χ1) is 19.1. The van der Waals surface area contributed by atoms with E-state index in [1.165, 1.54) is 12.8 Å². The predicted octanol–water partition coefficient (Wildman–Crippen LogP) is 4.93. The topological polar surface area (TPSA) is 101 Å². The fraction of sp³-hybridized carbons (Fsp3) is 0.400. The molecule has 0 spiro atoms. The number of amidine groups is 1. The maximum absolute atomic E-state index is 5.03. The molecule has 5 heterocycles. The Morgan fingerprint density at radius 3 is 2.64 bits per heavy atom. The molecule has 7 rings (SSSR count). The highest BCUT2D eigenvalue weighted by atomic mass is 15.3. The van der Waals surface area contributed by atoms with Gasteiger partial charge in [-0.1, -0.05) is 26.5 Å². The van der Waals surface area contributed by atoms with Gasteiger partial charge in [0, 0.05) is 67.7 Å². The molecule has 0 unspecified atom stereocenters. The molecule has 3 N–H and O–H groups in total. The van der Waals surface area contributed by atoms with E-state index in [9.17, 15) is 0 Å². The van der Waals surface area contributed by atoms with E-state index in [4.69, 9.17) is 9.98 Å². The van der Waals surface area contributed by atoms with Gasteiger partial charge in [-0.2, -0.15) is 5.10 Å². The number of nitrogens with zero attached hydrogens (tertiary/aromatic N) is 6. The highest BCUT2D eigenvalue weighted by Gasteiger charge is 2.27. The summed E-state index contributed by atoms with van der Waals surface area (Å²) in [6.45, 7) is 13.0. The van der Waals surface area contributed by atoms with Gasteiger partial charge in [0.2, 0.25) is 0 Å². The molecule has 0 bridgehead atoms. The van der Waals surface area contributed by atoms with Gasteiger partial charge in [0.25, 0.3) is 0 Å². The van der Waals surface area contributed by atoms with E-state index in [0.29, 0.717) is 5.92 Å². The summed E-state index contributed by atoms with van der Waals surface area (Å²) in [6, 6.07) is 8.48. The Hall–Kier alpha value is -3.98. The second kappa shape index (κ2) is 10.6. The van der Waals surface area contributed by atoms with Gasteiger partial charge in [-0.15, -0.1) is 0 Å². The number of allylic oxidation sites excluding steroid dienone is 1. The molecule has 2 aliphatic heterocycles. The number of hydrogen-bond donors (Lipinski definition) is 3. The first-order valence-corrected chi connectivity index (χ1v) is 14.1. The van der Waals surface area contributed by atoms with Crippen LogP contribution in [0.4, 0.5) is 5.69 Å². The summed E-state index contributed by atoms with van der Waals surface area (Å²) in [5.41, 5.74) is 8.09. The van der Waals surface area contributed by atoms with E-state index in [2.05, 4.69) is 73.2 Å². The number of imidazole rings is 1. The van der Waals surface area contributed by atoms with Crippen molar-refractivity contribution in [2.45, 2.75) is 33.1 Å². The van der Waals surface area contributed by atoms with E-state index in [1.807, 2.05) is 26.2 Å². The number of hydrogen-bond acceptors (Lipinski definition) is 7. The molecular weight excluding hydrogens is 486 g/mol. The number of piperazine rings is 1. The first kappa shape index (κ1) is 25.3. The maximum atomic E-state index is 5.03. The zero-order chi connectivity index (χ0) is 26.9. The Morgan fingerprint density at radius 2 is 1.85 bits per heavy atom. The fourth-order valence-corrected chi connectivity index (χ4v) is 5.26. The van der Waals surface area contributed by atoms with Crippen molar-refractivity contribution in [3.05, 3.63) is 60.3 Å². The molecule has 1 saturated carbocycles. The van der Waals surface area contributed by atoms with E-state index in [0.717, 1.165) is 101 Å². The van der Waals surface area contributed by atoms with Gasteiger partial charge in [0.1, 0.15) is 11.4 Å². The number of H-pyrrole nitrogens is 2. The molecular formula is C30H37N9. The third-order valence-corrected chi connectivity index (χ3v) is 7.65. The molecule has 39 heavy (non-hydrogen) atoms.